The number of alkyl halides is 3. The molecule has 1 aromatic carbocycles. The van der Waals surface area contributed by atoms with Crippen LogP contribution in [0.3, 0.4) is 0 Å². The van der Waals surface area contributed by atoms with Crippen LogP contribution < -0.4 is 0 Å². The zero-order valence-corrected chi connectivity index (χ0v) is 7.98. The van der Waals surface area contributed by atoms with Gasteiger partial charge in [0.1, 0.15) is 0 Å². The zero-order chi connectivity index (χ0) is 10.1. The highest BCUT2D eigenvalue weighted by Gasteiger charge is 2.32. The van der Waals surface area contributed by atoms with E-state index >= 15 is 0 Å². The van der Waals surface area contributed by atoms with Crippen molar-refractivity contribution in [1.29, 1.82) is 0 Å². The van der Waals surface area contributed by atoms with Crippen molar-refractivity contribution in [2.45, 2.75) is 12.8 Å². The van der Waals surface area contributed by atoms with E-state index in [9.17, 15) is 13.2 Å². The highest BCUT2D eigenvalue weighted by atomic mass is 79.9. The van der Waals surface area contributed by atoms with Crippen LogP contribution in [-0.2, 0) is 12.8 Å². The monoisotopic (exact) mass is 254 g/mol. The summed E-state index contributed by atoms with van der Waals surface area (Å²) in [5, 5.41) is 8.69. The van der Waals surface area contributed by atoms with Gasteiger partial charge in [-0.3, -0.25) is 0 Å². The van der Waals surface area contributed by atoms with E-state index in [0.717, 1.165) is 6.07 Å². The van der Waals surface area contributed by atoms with E-state index in [2.05, 4.69) is 15.9 Å². The van der Waals surface area contributed by atoms with Gasteiger partial charge in [0.05, 0.1) is 12.2 Å². The van der Waals surface area contributed by atoms with Gasteiger partial charge >= 0.3 is 6.18 Å². The average molecular weight is 255 g/mol. The van der Waals surface area contributed by atoms with Crippen molar-refractivity contribution in [1.82, 2.24) is 0 Å². The Morgan fingerprint density at radius 2 is 1.92 bits per heavy atom. The van der Waals surface area contributed by atoms with Crippen molar-refractivity contribution in [2.24, 2.45) is 0 Å². The Labute approximate surface area is 81.3 Å². The van der Waals surface area contributed by atoms with E-state index in [4.69, 9.17) is 5.11 Å². The predicted octanol–water partition coefficient (Wildman–Crippen LogP) is 2.96. The molecule has 0 saturated carbocycles. The van der Waals surface area contributed by atoms with Gasteiger partial charge in [-0.1, -0.05) is 15.9 Å². The van der Waals surface area contributed by atoms with E-state index < -0.39 is 18.3 Å². The predicted molar refractivity (Wildman–Crippen MR) is 45.1 cm³/mol. The van der Waals surface area contributed by atoms with Crippen LogP contribution in [0.25, 0.3) is 0 Å². The van der Waals surface area contributed by atoms with E-state index in [0.29, 0.717) is 4.47 Å². The smallest absolute Gasteiger partial charge is 0.392 e. The summed E-state index contributed by atoms with van der Waals surface area (Å²) < 4.78 is 37.2. The fraction of sp³-hybridized carbons (Fsp3) is 0.250. The summed E-state index contributed by atoms with van der Waals surface area (Å²) in [6.45, 7) is -0.617. The van der Waals surface area contributed by atoms with Crippen molar-refractivity contribution in [3.63, 3.8) is 0 Å². The molecule has 0 aliphatic heterocycles. The molecule has 5 heteroatoms. The largest absolute Gasteiger partial charge is 0.416 e. The maximum atomic E-state index is 12.2. The molecule has 0 spiro atoms. The van der Waals surface area contributed by atoms with Crippen molar-refractivity contribution in [2.75, 3.05) is 0 Å². The topological polar surface area (TPSA) is 20.2 Å². The Bertz CT molecular complexity index is 309. The summed E-state index contributed by atoms with van der Waals surface area (Å²) >= 11 is 3.03. The van der Waals surface area contributed by atoms with E-state index in [1.165, 1.54) is 12.1 Å². The highest BCUT2D eigenvalue weighted by molar-refractivity contribution is 9.10. The number of benzene rings is 1. The molecule has 0 fully saturated rings. The van der Waals surface area contributed by atoms with Crippen LogP contribution in [0.2, 0.25) is 0 Å². The van der Waals surface area contributed by atoms with Gasteiger partial charge in [-0.2, -0.15) is 13.2 Å². The van der Waals surface area contributed by atoms with Gasteiger partial charge in [-0.05, 0) is 23.8 Å². The molecule has 1 N–H and O–H groups in total. The molecule has 1 rings (SSSR count). The summed E-state index contributed by atoms with van der Waals surface area (Å²) in [5.41, 5.74) is -0.917. The van der Waals surface area contributed by atoms with E-state index in [-0.39, 0.29) is 5.56 Å². The maximum Gasteiger partial charge on any atom is 0.416 e. The molecular weight excluding hydrogens is 249 g/mol. The number of aliphatic hydroxyl groups excluding tert-OH is 1. The summed E-state index contributed by atoms with van der Waals surface area (Å²) in [4.78, 5) is 0. The van der Waals surface area contributed by atoms with Crippen LogP contribution in [0.15, 0.2) is 22.7 Å². The third-order valence-corrected chi connectivity index (χ3v) is 2.04. The number of aliphatic hydroxyl groups is 1. The first-order chi connectivity index (χ1) is 5.95. The Hall–Kier alpha value is -0.550. The third kappa shape index (κ3) is 2.45. The van der Waals surface area contributed by atoms with Crippen LogP contribution in [0.4, 0.5) is 13.2 Å². The minimum absolute atomic E-state index is 0.123. The molecule has 0 amide bonds. The van der Waals surface area contributed by atoms with Gasteiger partial charge < -0.3 is 5.11 Å². The van der Waals surface area contributed by atoms with Gasteiger partial charge in [0.15, 0.2) is 0 Å². The minimum atomic E-state index is -4.40. The first-order valence-electron chi connectivity index (χ1n) is 3.41. The Morgan fingerprint density at radius 3 is 2.38 bits per heavy atom. The molecule has 0 unspecified atom stereocenters. The molecule has 1 nitrogen and oxygen atoms in total. The normalized spacial score (nSPS) is 11.8. The SMILES string of the molecule is OCc1cc(Br)ccc1C(F)(F)F. The van der Waals surface area contributed by atoms with E-state index in [1.54, 1.807) is 0 Å². The lowest BCUT2D eigenvalue weighted by atomic mass is 10.1. The maximum absolute atomic E-state index is 12.2. The fourth-order valence-electron chi connectivity index (χ4n) is 0.970. The number of hydrogen-bond acceptors (Lipinski definition) is 1. The molecule has 0 aromatic heterocycles. The van der Waals surface area contributed by atoms with Crippen LogP contribution in [0.5, 0.6) is 0 Å². The van der Waals surface area contributed by atoms with Crippen molar-refractivity contribution >= 4 is 15.9 Å². The lowest BCUT2D eigenvalue weighted by molar-refractivity contribution is -0.138. The Kier molecular flexibility index (Phi) is 2.98. The highest BCUT2D eigenvalue weighted by Crippen LogP contribution is 2.33. The zero-order valence-electron chi connectivity index (χ0n) is 6.40. The molecule has 0 atom stereocenters. The molecule has 0 aliphatic carbocycles. The van der Waals surface area contributed by atoms with Gasteiger partial charge in [-0.15, -0.1) is 0 Å². The second kappa shape index (κ2) is 3.67. The molecule has 0 bridgehead atoms. The number of rotatable bonds is 1. The second-order valence-electron chi connectivity index (χ2n) is 2.46. The summed E-state index contributed by atoms with van der Waals surface area (Å²) in [5.74, 6) is 0. The summed E-state index contributed by atoms with van der Waals surface area (Å²) in [6.07, 6.45) is -4.40. The standard InChI is InChI=1S/C8H6BrF3O/c9-6-1-2-7(8(10,11)12)5(3-6)4-13/h1-3,13H,4H2. The first-order valence-corrected chi connectivity index (χ1v) is 4.21. The molecule has 72 valence electrons. The third-order valence-electron chi connectivity index (χ3n) is 1.54. The van der Waals surface area contributed by atoms with Crippen molar-refractivity contribution in [3.05, 3.63) is 33.8 Å². The molecule has 0 heterocycles. The number of halogens is 4. The molecule has 0 aliphatic rings. The average Bonchev–Trinajstić information content (AvgIpc) is 2.01. The molecular formula is C8H6BrF3O. The van der Waals surface area contributed by atoms with Crippen LogP contribution in [-0.4, -0.2) is 5.11 Å². The molecule has 0 saturated heterocycles. The van der Waals surface area contributed by atoms with Crippen molar-refractivity contribution in [3.8, 4) is 0 Å². The Balaban J connectivity index is 3.22. The van der Waals surface area contributed by atoms with Crippen molar-refractivity contribution < 1.29 is 18.3 Å². The van der Waals surface area contributed by atoms with Crippen LogP contribution in [0, 0.1) is 0 Å². The fourth-order valence-corrected chi connectivity index (χ4v) is 1.38. The first kappa shape index (κ1) is 10.5. The van der Waals surface area contributed by atoms with Gasteiger partial charge in [0.2, 0.25) is 0 Å². The van der Waals surface area contributed by atoms with Crippen LogP contribution in [0.1, 0.15) is 11.1 Å². The quantitative estimate of drug-likeness (QED) is 0.817. The second-order valence-corrected chi connectivity index (χ2v) is 3.37. The van der Waals surface area contributed by atoms with E-state index in [1.807, 2.05) is 0 Å². The molecule has 0 radical (unpaired) electrons. The van der Waals surface area contributed by atoms with Gasteiger partial charge in [0, 0.05) is 4.47 Å². The lowest BCUT2D eigenvalue weighted by Crippen LogP contribution is -2.08. The lowest BCUT2D eigenvalue weighted by Gasteiger charge is -2.10. The minimum Gasteiger partial charge on any atom is -0.392 e. The van der Waals surface area contributed by atoms with Gasteiger partial charge in [0.25, 0.3) is 0 Å². The summed E-state index contributed by atoms with van der Waals surface area (Å²) in [7, 11) is 0. The molecule has 1 aromatic rings. The molecule has 13 heavy (non-hydrogen) atoms. The Morgan fingerprint density at radius 1 is 1.31 bits per heavy atom. The van der Waals surface area contributed by atoms with Gasteiger partial charge in [-0.25, -0.2) is 0 Å². The summed E-state index contributed by atoms with van der Waals surface area (Å²) in [6, 6.07) is 3.49. The number of hydrogen-bond donors (Lipinski definition) is 1. The van der Waals surface area contributed by atoms with Crippen LogP contribution >= 0.6 is 15.9 Å².